The molecule has 0 fully saturated rings. The highest BCUT2D eigenvalue weighted by Gasteiger charge is 2.09. The Morgan fingerprint density at radius 2 is 2.00 bits per heavy atom. The summed E-state index contributed by atoms with van der Waals surface area (Å²) < 4.78 is 14.8. The molecular formula is C16H10FN5OS. The molecule has 0 aliphatic rings. The molecule has 4 rings (SSSR count). The molecule has 0 atom stereocenters. The number of benzene rings is 2. The Kier molecular flexibility index (Phi) is 3.51. The van der Waals surface area contributed by atoms with Crippen LogP contribution < -0.4 is 5.32 Å². The number of halogens is 1. The molecule has 4 aromatic rings. The van der Waals surface area contributed by atoms with Crippen molar-refractivity contribution in [3.63, 3.8) is 0 Å². The van der Waals surface area contributed by atoms with Crippen LogP contribution in [0.4, 0.5) is 10.1 Å². The number of hydrogen-bond donors (Lipinski definition) is 1. The van der Waals surface area contributed by atoms with E-state index >= 15 is 0 Å². The van der Waals surface area contributed by atoms with Crippen LogP contribution in [0.3, 0.4) is 0 Å². The number of anilines is 1. The second kappa shape index (κ2) is 5.82. The first-order chi connectivity index (χ1) is 11.7. The Morgan fingerprint density at radius 1 is 1.17 bits per heavy atom. The number of carbonyl (C=O) groups is 1. The maximum absolute atomic E-state index is 13.2. The molecule has 118 valence electrons. The molecule has 0 radical (unpaired) electrons. The Morgan fingerprint density at radius 3 is 2.75 bits per heavy atom. The second-order valence-corrected chi connectivity index (χ2v) is 5.96. The minimum Gasteiger partial charge on any atom is -0.322 e. The summed E-state index contributed by atoms with van der Waals surface area (Å²) in [6.45, 7) is 0. The van der Waals surface area contributed by atoms with Gasteiger partial charge in [0.15, 0.2) is 0 Å². The van der Waals surface area contributed by atoms with Crippen LogP contribution in [0.15, 0.2) is 54.9 Å². The van der Waals surface area contributed by atoms with E-state index in [4.69, 9.17) is 0 Å². The average molecular weight is 339 g/mol. The first-order valence-electron chi connectivity index (χ1n) is 7.03. The zero-order chi connectivity index (χ0) is 16.5. The van der Waals surface area contributed by atoms with Gasteiger partial charge in [-0.25, -0.2) is 4.39 Å². The van der Waals surface area contributed by atoms with Gasteiger partial charge in [0, 0.05) is 16.8 Å². The predicted octanol–water partition coefficient (Wildman–Crippen LogP) is 3.24. The van der Waals surface area contributed by atoms with Crippen molar-refractivity contribution in [3.05, 3.63) is 66.2 Å². The van der Waals surface area contributed by atoms with Crippen molar-refractivity contribution in [3.8, 4) is 10.6 Å². The molecule has 24 heavy (non-hydrogen) atoms. The van der Waals surface area contributed by atoms with E-state index in [-0.39, 0.29) is 11.5 Å². The smallest absolute Gasteiger partial charge is 0.255 e. The van der Waals surface area contributed by atoms with Gasteiger partial charge in [-0.15, -0.1) is 10.2 Å². The second-order valence-electron chi connectivity index (χ2n) is 5.01. The van der Waals surface area contributed by atoms with Crippen LogP contribution in [0.1, 0.15) is 10.4 Å². The van der Waals surface area contributed by atoms with Gasteiger partial charge in [0.2, 0.25) is 4.96 Å². The van der Waals surface area contributed by atoms with Crippen LogP contribution >= 0.6 is 11.3 Å². The topological polar surface area (TPSA) is 72.2 Å². The van der Waals surface area contributed by atoms with Gasteiger partial charge in [-0.2, -0.15) is 9.61 Å². The lowest BCUT2D eigenvalue weighted by molar-refractivity contribution is 0.102. The first kappa shape index (κ1) is 14.5. The number of hydrogen-bond acceptors (Lipinski definition) is 5. The lowest BCUT2D eigenvalue weighted by Gasteiger charge is -2.06. The van der Waals surface area contributed by atoms with Gasteiger partial charge in [0.1, 0.15) is 17.2 Å². The molecule has 0 saturated carbocycles. The maximum Gasteiger partial charge on any atom is 0.255 e. The lowest BCUT2D eigenvalue weighted by Crippen LogP contribution is -2.11. The van der Waals surface area contributed by atoms with Crippen LogP contribution in [0.2, 0.25) is 0 Å². The molecule has 1 N–H and O–H groups in total. The van der Waals surface area contributed by atoms with Crippen LogP contribution in [0.5, 0.6) is 0 Å². The molecule has 0 spiro atoms. The van der Waals surface area contributed by atoms with E-state index in [0.717, 1.165) is 10.6 Å². The summed E-state index contributed by atoms with van der Waals surface area (Å²) in [5.74, 6) is -0.803. The van der Waals surface area contributed by atoms with Gasteiger partial charge in [-0.05, 0) is 42.5 Å². The first-order valence-corrected chi connectivity index (χ1v) is 7.85. The van der Waals surface area contributed by atoms with Crippen LogP contribution in [0, 0.1) is 5.82 Å². The zero-order valence-corrected chi connectivity index (χ0v) is 13.0. The van der Waals surface area contributed by atoms with Gasteiger partial charge >= 0.3 is 0 Å². The molecule has 0 saturated heterocycles. The number of nitrogens with zero attached hydrogens (tertiary/aromatic N) is 4. The van der Waals surface area contributed by atoms with Crippen LogP contribution in [-0.4, -0.2) is 25.7 Å². The average Bonchev–Trinajstić information content (AvgIpc) is 3.17. The monoisotopic (exact) mass is 339 g/mol. The van der Waals surface area contributed by atoms with Crippen molar-refractivity contribution in [1.29, 1.82) is 0 Å². The summed E-state index contributed by atoms with van der Waals surface area (Å²) in [7, 11) is 0. The third kappa shape index (κ3) is 2.74. The number of rotatable bonds is 3. The Bertz CT molecular complexity index is 996. The van der Waals surface area contributed by atoms with E-state index in [1.54, 1.807) is 29.0 Å². The van der Waals surface area contributed by atoms with Gasteiger partial charge in [-0.1, -0.05) is 17.4 Å². The lowest BCUT2D eigenvalue weighted by atomic mass is 10.2. The van der Waals surface area contributed by atoms with E-state index < -0.39 is 5.82 Å². The summed E-state index contributed by atoms with van der Waals surface area (Å²) in [6, 6.07) is 12.8. The minimum absolute atomic E-state index is 0.271. The largest absolute Gasteiger partial charge is 0.322 e. The molecule has 2 aromatic heterocycles. The van der Waals surface area contributed by atoms with Crippen LogP contribution in [0.25, 0.3) is 15.5 Å². The van der Waals surface area contributed by atoms with Gasteiger partial charge in [0.25, 0.3) is 5.91 Å². The fraction of sp³-hybridized carbons (Fsp3) is 0. The number of fused-ring (bicyclic) bond motifs is 1. The summed E-state index contributed by atoms with van der Waals surface area (Å²) in [5.41, 5.74) is 1.80. The minimum atomic E-state index is -0.443. The van der Waals surface area contributed by atoms with Crippen LogP contribution in [-0.2, 0) is 0 Å². The van der Waals surface area contributed by atoms with E-state index in [2.05, 4.69) is 20.6 Å². The van der Waals surface area contributed by atoms with Gasteiger partial charge in [0.05, 0.1) is 0 Å². The molecule has 2 heterocycles. The summed E-state index contributed by atoms with van der Waals surface area (Å²) in [5, 5.41) is 15.6. The molecule has 2 aromatic carbocycles. The highest BCUT2D eigenvalue weighted by Crippen LogP contribution is 2.25. The molecule has 8 heteroatoms. The number of carbonyl (C=O) groups excluding carboxylic acids is 1. The van der Waals surface area contributed by atoms with E-state index in [1.807, 2.05) is 12.1 Å². The Balaban J connectivity index is 1.53. The van der Waals surface area contributed by atoms with E-state index in [1.165, 1.54) is 29.5 Å². The van der Waals surface area contributed by atoms with Crippen molar-refractivity contribution in [2.45, 2.75) is 0 Å². The summed E-state index contributed by atoms with van der Waals surface area (Å²) in [4.78, 5) is 12.8. The molecular weight excluding hydrogens is 329 g/mol. The van der Waals surface area contributed by atoms with E-state index in [0.29, 0.717) is 10.6 Å². The number of nitrogens with one attached hydrogen (secondary N) is 1. The fourth-order valence-corrected chi connectivity index (χ4v) is 3.03. The van der Waals surface area contributed by atoms with Gasteiger partial charge < -0.3 is 5.32 Å². The Labute approximate surface area is 139 Å². The number of amides is 1. The SMILES string of the molecule is O=C(Nc1ccc(-c2nn3cnnc3s2)cc1)c1cccc(F)c1. The number of aromatic nitrogens is 4. The quantitative estimate of drug-likeness (QED) is 0.622. The molecule has 6 nitrogen and oxygen atoms in total. The van der Waals surface area contributed by atoms with Crippen molar-refractivity contribution in [2.75, 3.05) is 5.32 Å². The predicted molar refractivity (Wildman–Crippen MR) is 88.4 cm³/mol. The highest BCUT2D eigenvalue weighted by molar-refractivity contribution is 7.19. The maximum atomic E-state index is 13.2. The molecule has 0 aliphatic heterocycles. The summed E-state index contributed by atoms with van der Waals surface area (Å²) in [6.07, 6.45) is 1.54. The van der Waals surface area contributed by atoms with Crippen molar-refractivity contribution in [2.24, 2.45) is 0 Å². The molecule has 0 bridgehead atoms. The molecule has 0 unspecified atom stereocenters. The third-order valence-corrected chi connectivity index (χ3v) is 4.33. The van der Waals surface area contributed by atoms with Gasteiger partial charge in [-0.3, -0.25) is 4.79 Å². The van der Waals surface area contributed by atoms with Crippen molar-refractivity contribution < 1.29 is 9.18 Å². The fourth-order valence-electron chi connectivity index (χ4n) is 2.21. The molecule has 0 aliphatic carbocycles. The standard InChI is InChI=1S/C16H10FN5OS/c17-12-3-1-2-11(8-12)14(23)19-13-6-4-10(5-7-13)15-21-22-9-18-20-16(22)24-15/h1-9H,(H,19,23). The normalized spacial score (nSPS) is 10.9. The highest BCUT2D eigenvalue weighted by atomic mass is 32.1. The molecule has 1 amide bonds. The summed E-state index contributed by atoms with van der Waals surface area (Å²) >= 11 is 1.42. The van der Waals surface area contributed by atoms with Crippen molar-refractivity contribution in [1.82, 2.24) is 19.8 Å². The van der Waals surface area contributed by atoms with E-state index in [9.17, 15) is 9.18 Å². The zero-order valence-electron chi connectivity index (χ0n) is 12.2. The van der Waals surface area contributed by atoms with Crippen molar-refractivity contribution >= 4 is 27.9 Å². The Hall–Kier alpha value is -3.13. The third-order valence-electron chi connectivity index (χ3n) is 3.36.